The van der Waals surface area contributed by atoms with Crippen LogP contribution in [0.4, 0.5) is 0 Å². The number of fused-ring (bicyclic) bond motifs is 3. The molecule has 2 aliphatic heterocycles. The summed E-state index contributed by atoms with van der Waals surface area (Å²) < 4.78 is 23.3. The summed E-state index contributed by atoms with van der Waals surface area (Å²) in [7, 11) is 0. The van der Waals surface area contributed by atoms with E-state index in [-0.39, 0.29) is 42.2 Å². The molecule has 1 aromatic heterocycles. The summed E-state index contributed by atoms with van der Waals surface area (Å²) >= 11 is 0. The van der Waals surface area contributed by atoms with E-state index in [4.69, 9.17) is 18.6 Å². The maximum Gasteiger partial charge on any atom is 0.339 e. The van der Waals surface area contributed by atoms with E-state index < -0.39 is 52.1 Å². The zero-order chi connectivity index (χ0) is 25.8. The largest absolute Gasteiger partial charge is 0.472 e. The molecule has 8 nitrogen and oxygen atoms in total. The van der Waals surface area contributed by atoms with E-state index in [1.807, 2.05) is 20.8 Å². The Kier molecular flexibility index (Phi) is 4.85. The predicted molar refractivity (Wildman–Crippen MR) is 124 cm³/mol. The average Bonchev–Trinajstić information content (AvgIpc) is 3.34. The Labute approximate surface area is 210 Å². The van der Waals surface area contributed by atoms with E-state index in [2.05, 4.69) is 6.92 Å². The Bertz CT molecular complexity index is 1150. The van der Waals surface area contributed by atoms with Crippen LogP contribution in [0.1, 0.15) is 78.4 Å². The van der Waals surface area contributed by atoms with Gasteiger partial charge in [-0.3, -0.25) is 14.4 Å². The number of carbonyl (C=O) groups is 4. The van der Waals surface area contributed by atoms with Gasteiger partial charge in [-0.15, -0.1) is 0 Å². The number of Topliss-reactive ketones (excluding diaryl/α,β-unsaturated/α-hetero) is 2. The first-order valence-electron chi connectivity index (χ1n) is 13.0. The van der Waals surface area contributed by atoms with Gasteiger partial charge < -0.3 is 18.6 Å². The molecule has 0 N–H and O–H groups in total. The second-order valence-corrected chi connectivity index (χ2v) is 12.7. The Morgan fingerprint density at radius 1 is 1.06 bits per heavy atom. The van der Waals surface area contributed by atoms with Gasteiger partial charge in [0, 0.05) is 43.1 Å². The van der Waals surface area contributed by atoms with Crippen molar-refractivity contribution in [2.45, 2.75) is 90.6 Å². The van der Waals surface area contributed by atoms with Crippen LogP contribution in [-0.4, -0.2) is 41.3 Å². The van der Waals surface area contributed by atoms with Gasteiger partial charge in [-0.2, -0.15) is 0 Å². The molecule has 5 aliphatic rings. The molecule has 194 valence electrons. The second kappa shape index (κ2) is 7.30. The molecule has 8 unspecified atom stereocenters. The molecule has 1 aromatic rings. The highest BCUT2D eigenvalue weighted by Crippen LogP contribution is 2.75. The smallest absolute Gasteiger partial charge is 0.339 e. The monoisotopic (exact) mass is 498 g/mol. The molecule has 5 fully saturated rings. The molecule has 9 atom stereocenters. The molecule has 0 aromatic carbocycles. The molecule has 3 heterocycles. The first-order valence-corrected chi connectivity index (χ1v) is 13.0. The van der Waals surface area contributed by atoms with Crippen LogP contribution >= 0.6 is 0 Å². The second-order valence-electron chi connectivity index (χ2n) is 12.7. The van der Waals surface area contributed by atoms with Crippen molar-refractivity contribution in [3.63, 3.8) is 0 Å². The Balaban J connectivity index is 1.50. The summed E-state index contributed by atoms with van der Waals surface area (Å²) in [6.07, 6.45) is 3.21. The molecule has 0 radical (unpaired) electrons. The summed E-state index contributed by atoms with van der Waals surface area (Å²) in [6.45, 7) is 9.52. The minimum absolute atomic E-state index is 0.0460. The fourth-order valence-electron chi connectivity index (χ4n) is 9.22. The molecular formula is C28H34O8. The number of cyclic esters (lactones) is 1. The van der Waals surface area contributed by atoms with Crippen LogP contribution in [0.25, 0.3) is 0 Å². The van der Waals surface area contributed by atoms with Crippen LogP contribution in [0, 0.1) is 34.0 Å². The Hall–Kier alpha value is -2.48. The van der Waals surface area contributed by atoms with Crippen LogP contribution in [0.3, 0.4) is 0 Å². The summed E-state index contributed by atoms with van der Waals surface area (Å²) in [4.78, 5) is 52.7. The molecule has 3 saturated carbocycles. The lowest BCUT2D eigenvalue weighted by atomic mass is 9.38. The number of ketones is 2. The lowest BCUT2D eigenvalue weighted by Gasteiger charge is -2.64. The van der Waals surface area contributed by atoms with Gasteiger partial charge in [0.05, 0.1) is 17.9 Å². The van der Waals surface area contributed by atoms with Crippen LogP contribution < -0.4 is 0 Å². The van der Waals surface area contributed by atoms with Crippen molar-refractivity contribution in [1.82, 2.24) is 0 Å². The van der Waals surface area contributed by atoms with Crippen molar-refractivity contribution < 1.29 is 37.8 Å². The van der Waals surface area contributed by atoms with Crippen LogP contribution in [0.2, 0.25) is 0 Å². The molecule has 1 spiro atoms. The van der Waals surface area contributed by atoms with Crippen LogP contribution in [-0.2, 0) is 33.4 Å². The zero-order valence-corrected chi connectivity index (χ0v) is 21.5. The quantitative estimate of drug-likeness (QED) is 0.445. The van der Waals surface area contributed by atoms with E-state index in [1.165, 1.54) is 6.92 Å². The standard InChI is InChI=1S/C28H34O8/c1-14(29)34-21-10-16(30)12-25(2,3)19-11-20(31)27(5)18(26(19,21)4)7-6-17-22(15-8-9-33-13-15)35-24(32)23-28(17,27)36-23/h8-9,13,17-19,21-23H,6-7,10-12H2,1-5H3/t17?,18?,19?,21?,22-,23?,26?,27?,28?/m0/s1. The van der Waals surface area contributed by atoms with Gasteiger partial charge in [-0.05, 0) is 43.1 Å². The van der Waals surface area contributed by atoms with Crippen molar-refractivity contribution in [1.29, 1.82) is 0 Å². The fraction of sp³-hybridized carbons (Fsp3) is 0.714. The highest BCUT2D eigenvalue weighted by atomic mass is 16.7. The number of ether oxygens (including phenoxy) is 3. The van der Waals surface area contributed by atoms with E-state index in [9.17, 15) is 19.2 Å². The van der Waals surface area contributed by atoms with E-state index >= 15 is 0 Å². The maximum atomic E-state index is 14.3. The Morgan fingerprint density at radius 3 is 2.47 bits per heavy atom. The average molecular weight is 499 g/mol. The lowest BCUT2D eigenvalue weighted by molar-refractivity contribution is -0.215. The summed E-state index contributed by atoms with van der Waals surface area (Å²) in [5.41, 5.74) is -2.31. The van der Waals surface area contributed by atoms with Gasteiger partial charge in [0.25, 0.3) is 0 Å². The fourth-order valence-corrected chi connectivity index (χ4v) is 9.22. The lowest BCUT2D eigenvalue weighted by Crippen LogP contribution is -2.69. The highest BCUT2D eigenvalue weighted by molar-refractivity contribution is 5.93. The van der Waals surface area contributed by atoms with E-state index in [0.717, 1.165) is 5.56 Å². The molecule has 0 bridgehead atoms. The molecule has 8 heteroatoms. The number of rotatable bonds is 2. The molecule has 36 heavy (non-hydrogen) atoms. The topological polar surface area (TPSA) is 112 Å². The number of hydrogen-bond donors (Lipinski definition) is 0. The third-order valence-electron chi connectivity index (χ3n) is 10.6. The zero-order valence-electron chi connectivity index (χ0n) is 21.5. The third-order valence-corrected chi connectivity index (χ3v) is 10.6. The molecular weight excluding hydrogens is 464 g/mol. The first kappa shape index (κ1) is 23.9. The Morgan fingerprint density at radius 2 is 1.81 bits per heavy atom. The minimum Gasteiger partial charge on any atom is -0.472 e. The van der Waals surface area contributed by atoms with Gasteiger partial charge in [0.1, 0.15) is 29.4 Å². The van der Waals surface area contributed by atoms with Gasteiger partial charge in [-0.1, -0.05) is 20.8 Å². The third kappa shape index (κ3) is 2.79. The van der Waals surface area contributed by atoms with Gasteiger partial charge in [-0.25, -0.2) is 4.79 Å². The highest BCUT2D eigenvalue weighted by Gasteiger charge is 2.85. The van der Waals surface area contributed by atoms with Crippen molar-refractivity contribution in [3.05, 3.63) is 24.2 Å². The number of hydrogen-bond acceptors (Lipinski definition) is 8. The van der Waals surface area contributed by atoms with Crippen LogP contribution in [0.15, 0.2) is 23.0 Å². The van der Waals surface area contributed by atoms with Gasteiger partial charge in [0.2, 0.25) is 0 Å². The normalized spacial score (nSPS) is 46.9. The summed E-state index contributed by atoms with van der Waals surface area (Å²) in [5.74, 6) is -1.36. The number of esters is 2. The number of epoxide rings is 1. The minimum atomic E-state index is -0.991. The predicted octanol–water partition coefficient (Wildman–Crippen LogP) is 3.96. The van der Waals surface area contributed by atoms with Gasteiger partial charge in [0.15, 0.2) is 6.10 Å². The maximum absolute atomic E-state index is 14.3. The molecule has 3 aliphatic carbocycles. The molecule has 6 rings (SSSR count). The van der Waals surface area contributed by atoms with Crippen molar-refractivity contribution in [2.24, 2.45) is 34.0 Å². The van der Waals surface area contributed by atoms with Crippen molar-refractivity contribution in [3.8, 4) is 0 Å². The van der Waals surface area contributed by atoms with E-state index in [0.29, 0.717) is 19.3 Å². The SMILES string of the molecule is CC(=O)OC1CC(=O)CC(C)(C)C2CC(=O)C3(C)C(CCC4[C@H](c5ccoc5)OC(=O)C5OC543)C12C. The van der Waals surface area contributed by atoms with Crippen molar-refractivity contribution in [2.75, 3.05) is 0 Å². The van der Waals surface area contributed by atoms with Crippen molar-refractivity contribution >= 4 is 23.5 Å². The number of furan rings is 1. The first-order chi connectivity index (χ1) is 16.9. The summed E-state index contributed by atoms with van der Waals surface area (Å²) in [5, 5.41) is 0. The molecule has 0 amide bonds. The van der Waals surface area contributed by atoms with E-state index in [1.54, 1.807) is 18.6 Å². The van der Waals surface area contributed by atoms with Crippen LogP contribution in [0.5, 0.6) is 0 Å². The summed E-state index contributed by atoms with van der Waals surface area (Å²) in [6, 6.07) is 1.79. The number of carbonyl (C=O) groups excluding carboxylic acids is 4. The van der Waals surface area contributed by atoms with Gasteiger partial charge >= 0.3 is 11.9 Å². The molecule has 2 saturated heterocycles.